The van der Waals surface area contributed by atoms with E-state index in [1.165, 1.54) is 14.0 Å². The first-order valence-electron chi connectivity index (χ1n) is 9.26. The lowest BCUT2D eigenvalue weighted by Crippen LogP contribution is -2.45. The Kier molecular flexibility index (Phi) is 5.47. The van der Waals surface area contributed by atoms with Crippen LogP contribution in [0.4, 0.5) is 4.79 Å². The number of carbonyl (C=O) groups is 4. The van der Waals surface area contributed by atoms with Crippen LogP contribution < -0.4 is 5.32 Å². The van der Waals surface area contributed by atoms with Crippen molar-refractivity contribution in [1.29, 1.82) is 0 Å². The quantitative estimate of drug-likeness (QED) is 0.429. The number of imide groups is 1. The number of carbonyl (C=O) groups excluding carboxylic acids is 4. The van der Waals surface area contributed by atoms with Gasteiger partial charge in [-0.1, -0.05) is 23.7 Å². The highest BCUT2D eigenvalue weighted by Gasteiger charge is 2.52. The number of hydrogen-bond donors (Lipinski definition) is 2. The molecule has 2 atom stereocenters. The lowest BCUT2D eigenvalue weighted by atomic mass is 9.91. The summed E-state index contributed by atoms with van der Waals surface area (Å²) in [6.07, 6.45) is 0. The van der Waals surface area contributed by atoms with E-state index < -0.39 is 35.3 Å². The fourth-order valence-electron chi connectivity index (χ4n) is 3.72. The molecule has 3 amide bonds. The van der Waals surface area contributed by atoms with E-state index in [0.29, 0.717) is 21.8 Å². The number of rotatable bonds is 5. The highest BCUT2D eigenvalue weighted by molar-refractivity contribution is 6.30. The van der Waals surface area contributed by atoms with Gasteiger partial charge in [0.05, 0.1) is 18.4 Å². The van der Waals surface area contributed by atoms with Gasteiger partial charge in [-0.2, -0.15) is 0 Å². The molecule has 0 radical (unpaired) electrons. The fourth-order valence-corrected chi connectivity index (χ4v) is 3.85. The van der Waals surface area contributed by atoms with Gasteiger partial charge in [0.2, 0.25) is 5.78 Å². The molecule has 1 aliphatic heterocycles. The Balaban J connectivity index is 1.94. The lowest BCUT2D eigenvalue weighted by molar-refractivity contribution is -0.131. The number of urea groups is 1. The average Bonchev–Trinajstić information content (AvgIpc) is 3.13. The average molecular weight is 432 g/mol. The van der Waals surface area contributed by atoms with Gasteiger partial charge >= 0.3 is 12.0 Å². The van der Waals surface area contributed by atoms with E-state index in [2.05, 4.69) is 10.3 Å². The molecule has 0 bridgehead atoms. The predicted molar refractivity (Wildman–Crippen MR) is 110 cm³/mol. The highest BCUT2D eigenvalue weighted by atomic mass is 35.5. The molecule has 9 heteroatoms. The van der Waals surface area contributed by atoms with Crippen molar-refractivity contribution in [3.05, 3.63) is 57.4 Å². The van der Waals surface area contributed by atoms with Crippen LogP contribution in [0, 0.1) is 13.8 Å². The normalized spacial score (nSPS) is 19.6. The van der Waals surface area contributed by atoms with E-state index in [0.717, 1.165) is 4.90 Å². The molecule has 2 aromatic rings. The molecule has 158 valence electrons. The Hall–Kier alpha value is -3.13. The van der Waals surface area contributed by atoms with E-state index in [4.69, 9.17) is 16.3 Å². The zero-order valence-electron chi connectivity index (χ0n) is 17.3. The van der Waals surface area contributed by atoms with Gasteiger partial charge in [0, 0.05) is 10.7 Å². The molecule has 0 spiro atoms. The van der Waals surface area contributed by atoms with Gasteiger partial charge < -0.3 is 15.0 Å². The van der Waals surface area contributed by atoms with Crippen LogP contribution in [0.2, 0.25) is 5.02 Å². The van der Waals surface area contributed by atoms with Gasteiger partial charge in [-0.3, -0.25) is 14.5 Å². The van der Waals surface area contributed by atoms with Gasteiger partial charge in [-0.05, 0) is 51.0 Å². The van der Waals surface area contributed by atoms with Crippen LogP contribution in [-0.4, -0.2) is 46.7 Å². The van der Waals surface area contributed by atoms with E-state index in [-0.39, 0.29) is 11.3 Å². The van der Waals surface area contributed by atoms with Crippen molar-refractivity contribution >= 4 is 35.3 Å². The van der Waals surface area contributed by atoms with E-state index in [9.17, 15) is 19.2 Å². The summed E-state index contributed by atoms with van der Waals surface area (Å²) >= 11 is 5.92. The zero-order valence-corrected chi connectivity index (χ0v) is 18.0. The van der Waals surface area contributed by atoms with Gasteiger partial charge in [0.1, 0.15) is 11.6 Å². The van der Waals surface area contributed by atoms with Crippen LogP contribution in [0.15, 0.2) is 24.3 Å². The number of ether oxygens (including phenoxy) is 1. The minimum absolute atomic E-state index is 0.154. The topological polar surface area (TPSA) is 109 Å². The summed E-state index contributed by atoms with van der Waals surface area (Å²) in [4.78, 5) is 54.8. The first-order valence-corrected chi connectivity index (χ1v) is 9.64. The fraction of sp³-hybridized carbons (Fsp3) is 0.333. The summed E-state index contributed by atoms with van der Waals surface area (Å²) in [6.45, 7) is 6.30. The molecule has 0 aliphatic carbocycles. The number of benzene rings is 1. The molecular weight excluding hydrogens is 410 g/mol. The number of aryl methyl sites for hydroxylation is 1. The Labute approximate surface area is 178 Å². The summed E-state index contributed by atoms with van der Waals surface area (Å²) in [6, 6.07) is 4.78. The summed E-state index contributed by atoms with van der Waals surface area (Å²) in [5, 5.41) is 3.17. The molecule has 1 aromatic carbocycles. The molecular formula is C21H22ClN3O5. The standard InChI is InChI=1S/C21H22ClN3O5/c1-10-15(18(27)30-5)11(2)23-16(10)17(26)12(3)25-19(28)21(4,24-20(25)29)13-6-8-14(22)9-7-13/h6-9,12,23H,1-5H3,(H,24,29)/t12-,21-/m0/s1. The third-order valence-electron chi connectivity index (χ3n) is 5.48. The van der Waals surface area contributed by atoms with Crippen LogP contribution in [0.25, 0.3) is 0 Å². The minimum Gasteiger partial charge on any atom is -0.465 e. The van der Waals surface area contributed by atoms with Crippen LogP contribution >= 0.6 is 11.6 Å². The van der Waals surface area contributed by atoms with E-state index in [1.807, 2.05) is 0 Å². The number of aromatic amines is 1. The van der Waals surface area contributed by atoms with Gasteiger partial charge in [-0.15, -0.1) is 0 Å². The number of ketones is 1. The number of esters is 1. The van der Waals surface area contributed by atoms with Crippen LogP contribution in [0.5, 0.6) is 0 Å². The Morgan fingerprint density at radius 3 is 2.33 bits per heavy atom. The number of nitrogens with zero attached hydrogens (tertiary/aromatic N) is 1. The van der Waals surface area contributed by atoms with Crippen molar-refractivity contribution in [3.63, 3.8) is 0 Å². The second-order valence-corrected chi connectivity index (χ2v) is 7.83. The Bertz CT molecular complexity index is 1060. The smallest absolute Gasteiger partial charge is 0.339 e. The maximum Gasteiger partial charge on any atom is 0.339 e. The molecule has 1 aromatic heterocycles. The van der Waals surface area contributed by atoms with Crippen molar-refractivity contribution in [2.75, 3.05) is 7.11 Å². The SMILES string of the molecule is COC(=O)c1c(C)[nH]c(C(=O)[C@H](C)N2C(=O)N[C@@](C)(c3ccc(Cl)cc3)C2=O)c1C. The zero-order chi connectivity index (χ0) is 22.4. The van der Waals surface area contributed by atoms with Crippen molar-refractivity contribution < 1.29 is 23.9 Å². The number of H-pyrrole nitrogens is 1. The van der Waals surface area contributed by atoms with Gasteiger partial charge in [0.15, 0.2) is 0 Å². The molecule has 1 saturated heterocycles. The second-order valence-electron chi connectivity index (χ2n) is 7.39. The molecule has 2 heterocycles. The molecule has 3 rings (SSSR count). The third-order valence-corrected chi connectivity index (χ3v) is 5.74. The first kappa shape index (κ1) is 21.6. The number of methoxy groups -OCH3 is 1. The number of Topliss-reactive ketones (excluding diaryl/α,β-unsaturated/α-hetero) is 1. The summed E-state index contributed by atoms with van der Waals surface area (Å²) in [5.74, 6) is -1.61. The largest absolute Gasteiger partial charge is 0.465 e. The minimum atomic E-state index is -1.33. The van der Waals surface area contributed by atoms with Crippen LogP contribution in [-0.2, 0) is 15.1 Å². The van der Waals surface area contributed by atoms with Crippen molar-refractivity contribution in [2.24, 2.45) is 0 Å². The monoisotopic (exact) mass is 431 g/mol. The van der Waals surface area contributed by atoms with Gasteiger partial charge in [-0.25, -0.2) is 9.59 Å². The molecule has 1 fully saturated rings. The highest BCUT2D eigenvalue weighted by Crippen LogP contribution is 2.32. The summed E-state index contributed by atoms with van der Waals surface area (Å²) in [5.41, 5.74) is 0.514. The Morgan fingerprint density at radius 1 is 1.17 bits per heavy atom. The third kappa shape index (κ3) is 3.27. The molecule has 30 heavy (non-hydrogen) atoms. The molecule has 8 nitrogen and oxygen atoms in total. The van der Waals surface area contributed by atoms with E-state index in [1.54, 1.807) is 45.0 Å². The number of nitrogens with one attached hydrogen (secondary N) is 2. The molecule has 2 N–H and O–H groups in total. The first-order chi connectivity index (χ1) is 14.0. The van der Waals surface area contributed by atoms with E-state index >= 15 is 0 Å². The van der Waals surface area contributed by atoms with Crippen molar-refractivity contribution in [2.45, 2.75) is 39.3 Å². The van der Waals surface area contributed by atoms with Crippen LogP contribution in [0.3, 0.4) is 0 Å². The molecule has 0 saturated carbocycles. The second kappa shape index (κ2) is 7.60. The van der Waals surface area contributed by atoms with Gasteiger partial charge in [0.25, 0.3) is 5.91 Å². The number of halogens is 1. The summed E-state index contributed by atoms with van der Waals surface area (Å²) in [7, 11) is 1.25. The predicted octanol–water partition coefficient (Wildman–Crippen LogP) is 3.11. The van der Waals surface area contributed by atoms with Crippen molar-refractivity contribution in [1.82, 2.24) is 15.2 Å². The van der Waals surface area contributed by atoms with Crippen molar-refractivity contribution in [3.8, 4) is 0 Å². The lowest BCUT2D eigenvalue weighted by Gasteiger charge is -2.24. The number of amides is 3. The van der Waals surface area contributed by atoms with Crippen LogP contribution in [0.1, 0.15) is 51.5 Å². The maximum absolute atomic E-state index is 13.2. The number of hydrogen-bond acceptors (Lipinski definition) is 5. The summed E-state index contributed by atoms with van der Waals surface area (Å²) < 4.78 is 4.76. The molecule has 1 aliphatic rings. The Morgan fingerprint density at radius 2 is 1.77 bits per heavy atom. The maximum atomic E-state index is 13.2. The number of aromatic nitrogens is 1. The molecule has 0 unspecified atom stereocenters.